The molecule has 3 heteroatoms. The second-order valence-electron chi connectivity index (χ2n) is 6.85. The van der Waals surface area contributed by atoms with Gasteiger partial charge in [-0.2, -0.15) is 0 Å². The first-order valence-corrected chi connectivity index (χ1v) is 10.4. The Bertz CT molecular complexity index is 514. The Balaban J connectivity index is 4.10. The van der Waals surface area contributed by atoms with Crippen molar-refractivity contribution in [3.8, 4) is 0 Å². The molecule has 2 N–H and O–H groups in total. The molecule has 0 aromatic rings. The third-order valence-electron chi connectivity index (χ3n) is 4.21. The molecular weight excluding hydrogens is 334 g/mol. The first-order chi connectivity index (χ1) is 13.1. The predicted octanol–water partition coefficient (Wildman–Crippen LogP) is 5.80. The van der Waals surface area contributed by atoms with Gasteiger partial charge in [0.15, 0.2) is 0 Å². The number of carbonyl (C=O) groups excluding carboxylic acids is 1. The number of nitrogens with one attached hydrogen (secondary N) is 1. The predicted molar refractivity (Wildman–Crippen MR) is 118 cm³/mol. The standard InChI is InChI=1S/C24H39NO2/c1-4-7-9-10-11-12-13-14-15-16-17-19-23(26)25-22-24(27,20-6-3)21-18-8-5-2/h4,7,9-12,15-17,19,27H,5-6,8,13-14,18,20-22H2,1-3H3,(H,25,26). The molecule has 0 spiro atoms. The molecule has 0 radical (unpaired) electrons. The van der Waals surface area contributed by atoms with Gasteiger partial charge in [0, 0.05) is 12.6 Å². The molecule has 0 aromatic carbocycles. The normalized spacial score (nSPS) is 15.0. The van der Waals surface area contributed by atoms with E-state index in [2.05, 4.69) is 25.2 Å². The SMILES string of the molecule is CC=CC=CC=CCCC=CC=CC(=O)NCC(O)(CCC)CCCCC. The molecule has 0 bridgehead atoms. The summed E-state index contributed by atoms with van der Waals surface area (Å²) in [7, 11) is 0. The molecular formula is C24H39NO2. The van der Waals surface area contributed by atoms with E-state index >= 15 is 0 Å². The minimum Gasteiger partial charge on any atom is -0.388 e. The second kappa shape index (κ2) is 17.5. The molecule has 1 unspecified atom stereocenters. The number of aliphatic hydroxyl groups is 1. The van der Waals surface area contributed by atoms with Gasteiger partial charge in [-0.15, -0.1) is 0 Å². The fourth-order valence-electron chi connectivity index (χ4n) is 2.71. The molecule has 0 fully saturated rings. The van der Waals surface area contributed by atoms with E-state index in [1.54, 1.807) is 6.08 Å². The molecule has 3 nitrogen and oxygen atoms in total. The molecule has 0 heterocycles. The van der Waals surface area contributed by atoms with Crippen LogP contribution in [0.2, 0.25) is 0 Å². The van der Waals surface area contributed by atoms with Gasteiger partial charge in [0.05, 0.1) is 5.60 Å². The summed E-state index contributed by atoms with van der Waals surface area (Å²) in [5, 5.41) is 13.5. The number of unbranched alkanes of at least 4 members (excludes halogenated alkanes) is 3. The molecule has 0 rings (SSSR count). The smallest absolute Gasteiger partial charge is 0.244 e. The van der Waals surface area contributed by atoms with Crippen LogP contribution in [-0.4, -0.2) is 23.2 Å². The van der Waals surface area contributed by atoms with Crippen LogP contribution in [-0.2, 0) is 4.79 Å². The molecule has 152 valence electrons. The summed E-state index contributed by atoms with van der Waals surface area (Å²) in [6.07, 6.45) is 26.9. The van der Waals surface area contributed by atoms with Gasteiger partial charge in [-0.3, -0.25) is 4.79 Å². The number of rotatable bonds is 15. The molecule has 1 amide bonds. The molecule has 0 aliphatic rings. The largest absolute Gasteiger partial charge is 0.388 e. The van der Waals surface area contributed by atoms with Crippen LogP contribution in [0.3, 0.4) is 0 Å². The molecule has 0 aromatic heterocycles. The second-order valence-corrected chi connectivity index (χ2v) is 6.85. The van der Waals surface area contributed by atoms with Crippen molar-refractivity contribution in [2.45, 2.75) is 77.7 Å². The van der Waals surface area contributed by atoms with Crippen molar-refractivity contribution in [3.63, 3.8) is 0 Å². The maximum absolute atomic E-state index is 11.9. The maximum Gasteiger partial charge on any atom is 0.244 e. The minimum absolute atomic E-state index is 0.154. The van der Waals surface area contributed by atoms with E-state index in [9.17, 15) is 9.90 Å². The van der Waals surface area contributed by atoms with E-state index in [0.717, 1.165) is 51.4 Å². The maximum atomic E-state index is 11.9. The van der Waals surface area contributed by atoms with E-state index in [-0.39, 0.29) is 5.91 Å². The van der Waals surface area contributed by atoms with Crippen molar-refractivity contribution in [3.05, 3.63) is 60.8 Å². The highest BCUT2D eigenvalue weighted by molar-refractivity contribution is 5.87. The van der Waals surface area contributed by atoms with Crippen molar-refractivity contribution in [1.82, 2.24) is 5.32 Å². The zero-order valence-electron chi connectivity index (χ0n) is 17.5. The lowest BCUT2D eigenvalue weighted by Crippen LogP contribution is -2.42. The number of hydrogen-bond acceptors (Lipinski definition) is 2. The van der Waals surface area contributed by atoms with Crippen molar-refractivity contribution in [2.24, 2.45) is 0 Å². The molecule has 0 saturated heterocycles. The van der Waals surface area contributed by atoms with Crippen molar-refractivity contribution in [2.75, 3.05) is 6.54 Å². The Kier molecular flexibility index (Phi) is 16.3. The van der Waals surface area contributed by atoms with Crippen LogP contribution in [0.5, 0.6) is 0 Å². The summed E-state index contributed by atoms with van der Waals surface area (Å²) in [5.74, 6) is -0.154. The van der Waals surface area contributed by atoms with Crippen molar-refractivity contribution >= 4 is 5.91 Å². The average Bonchev–Trinajstić information content (AvgIpc) is 2.65. The lowest BCUT2D eigenvalue weighted by Gasteiger charge is -2.28. The minimum atomic E-state index is -0.781. The zero-order valence-corrected chi connectivity index (χ0v) is 17.5. The Hall–Kier alpha value is -1.87. The Labute approximate surface area is 166 Å². The summed E-state index contributed by atoms with van der Waals surface area (Å²) in [4.78, 5) is 11.9. The molecule has 1 atom stereocenters. The monoisotopic (exact) mass is 373 g/mol. The quantitative estimate of drug-likeness (QED) is 0.217. The number of carbonyl (C=O) groups is 1. The van der Waals surface area contributed by atoms with E-state index in [1.807, 2.05) is 49.5 Å². The number of hydrogen-bond donors (Lipinski definition) is 2. The first kappa shape index (κ1) is 25.1. The zero-order chi connectivity index (χ0) is 20.2. The van der Waals surface area contributed by atoms with Gasteiger partial charge >= 0.3 is 0 Å². The van der Waals surface area contributed by atoms with E-state index in [0.29, 0.717) is 6.54 Å². The van der Waals surface area contributed by atoms with Crippen LogP contribution in [0, 0.1) is 0 Å². The van der Waals surface area contributed by atoms with E-state index in [1.165, 1.54) is 6.08 Å². The van der Waals surface area contributed by atoms with Gasteiger partial charge in [0.1, 0.15) is 0 Å². The fourth-order valence-corrected chi connectivity index (χ4v) is 2.71. The molecule has 0 saturated carbocycles. The first-order valence-electron chi connectivity index (χ1n) is 10.4. The van der Waals surface area contributed by atoms with E-state index < -0.39 is 5.60 Å². The van der Waals surface area contributed by atoms with Crippen LogP contribution in [0.4, 0.5) is 0 Å². The van der Waals surface area contributed by atoms with Crippen LogP contribution < -0.4 is 5.32 Å². The van der Waals surface area contributed by atoms with Crippen LogP contribution in [0.1, 0.15) is 72.1 Å². The molecule has 0 aliphatic heterocycles. The van der Waals surface area contributed by atoms with Gasteiger partial charge in [-0.05, 0) is 32.6 Å². The Morgan fingerprint density at radius 2 is 1.56 bits per heavy atom. The van der Waals surface area contributed by atoms with Crippen molar-refractivity contribution < 1.29 is 9.90 Å². The Morgan fingerprint density at radius 3 is 2.19 bits per heavy atom. The summed E-state index contributed by atoms with van der Waals surface area (Å²) in [6, 6.07) is 0. The lowest BCUT2D eigenvalue weighted by molar-refractivity contribution is -0.118. The third-order valence-corrected chi connectivity index (χ3v) is 4.21. The highest BCUT2D eigenvalue weighted by Crippen LogP contribution is 2.20. The molecule has 27 heavy (non-hydrogen) atoms. The number of amides is 1. The van der Waals surface area contributed by atoms with Gasteiger partial charge in [-0.25, -0.2) is 0 Å². The van der Waals surface area contributed by atoms with Gasteiger partial charge in [0.25, 0.3) is 0 Å². The average molecular weight is 374 g/mol. The highest BCUT2D eigenvalue weighted by Gasteiger charge is 2.25. The van der Waals surface area contributed by atoms with Gasteiger partial charge in [-0.1, -0.05) is 94.2 Å². The van der Waals surface area contributed by atoms with Crippen LogP contribution >= 0.6 is 0 Å². The van der Waals surface area contributed by atoms with E-state index in [4.69, 9.17) is 0 Å². The fraction of sp³-hybridized carbons (Fsp3) is 0.542. The number of allylic oxidation sites excluding steroid dienone is 9. The van der Waals surface area contributed by atoms with Crippen LogP contribution in [0.15, 0.2) is 60.8 Å². The summed E-state index contributed by atoms with van der Waals surface area (Å²) in [6.45, 7) is 6.52. The van der Waals surface area contributed by atoms with Gasteiger partial charge < -0.3 is 10.4 Å². The summed E-state index contributed by atoms with van der Waals surface area (Å²) in [5.41, 5.74) is -0.781. The third kappa shape index (κ3) is 16.1. The summed E-state index contributed by atoms with van der Waals surface area (Å²) >= 11 is 0. The topological polar surface area (TPSA) is 49.3 Å². The Morgan fingerprint density at radius 1 is 0.889 bits per heavy atom. The van der Waals surface area contributed by atoms with Crippen LogP contribution in [0.25, 0.3) is 0 Å². The lowest BCUT2D eigenvalue weighted by atomic mass is 9.91. The van der Waals surface area contributed by atoms with Gasteiger partial charge in [0.2, 0.25) is 5.91 Å². The summed E-state index contributed by atoms with van der Waals surface area (Å²) < 4.78 is 0. The van der Waals surface area contributed by atoms with Crippen molar-refractivity contribution in [1.29, 1.82) is 0 Å². The highest BCUT2D eigenvalue weighted by atomic mass is 16.3. The molecule has 0 aliphatic carbocycles.